The van der Waals surface area contributed by atoms with Crippen LogP contribution in [0.15, 0.2) is 12.1 Å². The zero-order chi connectivity index (χ0) is 22.7. The molecule has 1 aromatic rings. The monoisotopic (exact) mass is 463 g/mol. The van der Waals surface area contributed by atoms with Crippen molar-refractivity contribution in [3.63, 3.8) is 0 Å². The molecule has 0 aromatic heterocycles. The van der Waals surface area contributed by atoms with Crippen LogP contribution in [0.25, 0.3) is 0 Å². The quantitative estimate of drug-likeness (QED) is 0.645. The van der Waals surface area contributed by atoms with Gasteiger partial charge in [-0.2, -0.15) is 0 Å². The summed E-state index contributed by atoms with van der Waals surface area (Å²) in [5, 5.41) is 0.594. The third-order valence-electron chi connectivity index (χ3n) is 7.07. The van der Waals surface area contributed by atoms with Crippen molar-refractivity contribution >= 4 is 23.4 Å². The topological polar surface area (TPSA) is 62.3 Å². The minimum absolute atomic E-state index is 0.0751. The standard InChI is InChI=1S/C24H34ClN3O4/c1-3-26(4-2)24(30)17-6-5-10-27(14-17)19-7-8-23(29)28(11-9-19)15-18-12-21-22(13-20(18)25)32-16-31-21/h12-13,17,19H,3-11,14-16H2,1-2H3. The molecule has 0 spiro atoms. The number of piperidine rings is 1. The van der Waals surface area contributed by atoms with Gasteiger partial charge in [0.15, 0.2) is 11.5 Å². The van der Waals surface area contributed by atoms with E-state index in [9.17, 15) is 9.59 Å². The fraction of sp³-hybridized carbons (Fsp3) is 0.667. The second kappa shape index (κ2) is 10.3. The molecule has 0 aliphatic carbocycles. The number of rotatable bonds is 6. The van der Waals surface area contributed by atoms with Crippen molar-refractivity contribution in [2.45, 2.75) is 58.5 Å². The summed E-state index contributed by atoms with van der Waals surface area (Å²) in [4.78, 5) is 32.1. The first-order valence-corrected chi connectivity index (χ1v) is 12.3. The van der Waals surface area contributed by atoms with Crippen molar-refractivity contribution in [3.8, 4) is 11.5 Å². The molecule has 1 aromatic carbocycles. The maximum Gasteiger partial charge on any atom is 0.231 e. The number of nitrogens with zero attached hydrogens (tertiary/aromatic N) is 3. The predicted molar refractivity (Wildman–Crippen MR) is 123 cm³/mol. The van der Waals surface area contributed by atoms with Crippen LogP contribution in [0.2, 0.25) is 5.02 Å². The van der Waals surface area contributed by atoms with Gasteiger partial charge < -0.3 is 19.3 Å². The average molecular weight is 464 g/mol. The average Bonchev–Trinajstić information content (AvgIpc) is 3.17. The van der Waals surface area contributed by atoms with Gasteiger partial charge in [0, 0.05) is 56.3 Å². The summed E-state index contributed by atoms with van der Waals surface area (Å²) in [6.45, 7) is 8.80. The van der Waals surface area contributed by atoms with Gasteiger partial charge in [0.05, 0.1) is 5.92 Å². The molecule has 8 heteroatoms. The largest absolute Gasteiger partial charge is 0.454 e. The van der Waals surface area contributed by atoms with Gasteiger partial charge in [0.2, 0.25) is 18.6 Å². The zero-order valence-electron chi connectivity index (χ0n) is 19.1. The lowest BCUT2D eigenvalue weighted by molar-refractivity contribution is -0.137. The summed E-state index contributed by atoms with van der Waals surface area (Å²) < 4.78 is 10.9. The third-order valence-corrected chi connectivity index (χ3v) is 7.42. The first-order chi connectivity index (χ1) is 15.5. The Hall–Kier alpha value is -1.99. The number of carbonyl (C=O) groups excluding carboxylic acids is 2. The molecule has 2 saturated heterocycles. The lowest BCUT2D eigenvalue weighted by atomic mass is 9.93. The Labute approximate surface area is 195 Å². The fourth-order valence-corrected chi connectivity index (χ4v) is 5.39. The van der Waals surface area contributed by atoms with Crippen molar-refractivity contribution in [2.24, 2.45) is 5.92 Å². The van der Waals surface area contributed by atoms with Crippen LogP contribution in [-0.2, 0) is 16.1 Å². The number of fused-ring (bicyclic) bond motifs is 1. The highest BCUT2D eigenvalue weighted by Gasteiger charge is 2.33. The number of halogens is 1. The van der Waals surface area contributed by atoms with Gasteiger partial charge >= 0.3 is 0 Å². The highest BCUT2D eigenvalue weighted by Crippen LogP contribution is 2.37. The van der Waals surface area contributed by atoms with E-state index in [0.717, 1.165) is 57.4 Å². The Balaban J connectivity index is 1.38. The third kappa shape index (κ3) is 4.99. The highest BCUT2D eigenvalue weighted by atomic mass is 35.5. The lowest BCUT2D eigenvalue weighted by Gasteiger charge is -2.38. The van der Waals surface area contributed by atoms with Crippen molar-refractivity contribution in [2.75, 3.05) is 39.5 Å². The van der Waals surface area contributed by atoms with Crippen LogP contribution in [0.3, 0.4) is 0 Å². The first-order valence-electron chi connectivity index (χ1n) is 11.9. The van der Waals surface area contributed by atoms with Crippen LogP contribution >= 0.6 is 11.6 Å². The summed E-state index contributed by atoms with van der Waals surface area (Å²) in [5.41, 5.74) is 0.880. The van der Waals surface area contributed by atoms with E-state index in [4.69, 9.17) is 21.1 Å². The van der Waals surface area contributed by atoms with Gasteiger partial charge in [-0.15, -0.1) is 0 Å². The van der Waals surface area contributed by atoms with Crippen molar-refractivity contribution < 1.29 is 19.1 Å². The van der Waals surface area contributed by atoms with Gasteiger partial charge in [-0.25, -0.2) is 0 Å². The Morgan fingerprint density at radius 1 is 1.12 bits per heavy atom. The van der Waals surface area contributed by atoms with Crippen molar-refractivity contribution in [3.05, 3.63) is 22.7 Å². The molecule has 32 heavy (non-hydrogen) atoms. The van der Waals surface area contributed by atoms with E-state index in [1.165, 1.54) is 0 Å². The van der Waals surface area contributed by atoms with Gasteiger partial charge in [-0.1, -0.05) is 11.6 Å². The zero-order valence-corrected chi connectivity index (χ0v) is 19.9. The molecule has 0 radical (unpaired) electrons. The molecule has 2 atom stereocenters. The van der Waals surface area contributed by atoms with Crippen LogP contribution in [0.1, 0.15) is 51.5 Å². The summed E-state index contributed by atoms with van der Waals surface area (Å²) in [5.74, 6) is 1.85. The molecule has 3 heterocycles. The molecule has 7 nitrogen and oxygen atoms in total. The summed E-state index contributed by atoms with van der Waals surface area (Å²) >= 11 is 6.44. The number of benzene rings is 1. The molecular formula is C24H34ClN3O4. The van der Waals surface area contributed by atoms with Crippen molar-refractivity contribution in [1.82, 2.24) is 14.7 Å². The number of ether oxygens (including phenoxy) is 2. The van der Waals surface area contributed by atoms with Gasteiger partial charge in [0.25, 0.3) is 0 Å². The number of amides is 2. The fourth-order valence-electron chi connectivity index (χ4n) is 5.17. The second-order valence-electron chi connectivity index (χ2n) is 8.94. The molecule has 2 unspecified atom stereocenters. The van der Waals surface area contributed by atoms with Crippen LogP contribution in [0.5, 0.6) is 11.5 Å². The number of likely N-dealkylation sites (tertiary alicyclic amines) is 2. The molecular weight excluding hydrogens is 430 g/mol. The Morgan fingerprint density at radius 3 is 2.62 bits per heavy atom. The number of hydrogen-bond donors (Lipinski definition) is 0. The van der Waals surface area contributed by atoms with Crippen LogP contribution in [0, 0.1) is 5.92 Å². The Kier molecular flexibility index (Phi) is 7.46. The Bertz CT molecular complexity index is 845. The van der Waals surface area contributed by atoms with E-state index in [-0.39, 0.29) is 24.5 Å². The van der Waals surface area contributed by atoms with E-state index >= 15 is 0 Å². The van der Waals surface area contributed by atoms with E-state index < -0.39 is 0 Å². The van der Waals surface area contributed by atoms with E-state index in [0.29, 0.717) is 42.1 Å². The van der Waals surface area contributed by atoms with E-state index in [2.05, 4.69) is 4.90 Å². The van der Waals surface area contributed by atoms with Gasteiger partial charge in [-0.05, 0) is 57.7 Å². The lowest BCUT2D eigenvalue weighted by Crippen LogP contribution is -2.48. The minimum Gasteiger partial charge on any atom is -0.454 e. The molecule has 3 aliphatic rings. The number of hydrogen-bond acceptors (Lipinski definition) is 5. The first kappa shape index (κ1) is 23.2. The Morgan fingerprint density at radius 2 is 1.88 bits per heavy atom. The molecule has 176 valence electrons. The van der Waals surface area contributed by atoms with Crippen LogP contribution in [0.4, 0.5) is 0 Å². The molecule has 2 amide bonds. The normalized spacial score (nSPS) is 23.8. The maximum absolute atomic E-state index is 12.9. The van der Waals surface area contributed by atoms with E-state index in [1.54, 1.807) is 6.07 Å². The smallest absolute Gasteiger partial charge is 0.231 e. The molecule has 0 saturated carbocycles. The van der Waals surface area contributed by atoms with Crippen LogP contribution < -0.4 is 9.47 Å². The second-order valence-corrected chi connectivity index (χ2v) is 9.35. The SMILES string of the molecule is CCN(CC)C(=O)C1CCCN(C2CCC(=O)N(Cc3cc4c(cc3Cl)OCO4)CC2)C1. The highest BCUT2D eigenvalue weighted by molar-refractivity contribution is 6.31. The van der Waals surface area contributed by atoms with Crippen molar-refractivity contribution in [1.29, 1.82) is 0 Å². The molecule has 3 aliphatic heterocycles. The summed E-state index contributed by atoms with van der Waals surface area (Å²) in [6.07, 6.45) is 4.29. The maximum atomic E-state index is 12.9. The minimum atomic E-state index is 0.0751. The summed E-state index contributed by atoms with van der Waals surface area (Å²) in [7, 11) is 0. The van der Waals surface area contributed by atoms with Gasteiger partial charge in [0.1, 0.15) is 0 Å². The van der Waals surface area contributed by atoms with E-state index in [1.807, 2.05) is 29.7 Å². The predicted octanol–water partition coefficient (Wildman–Crippen LogP) is 3.53. The molecule has 4 rings (SSSR count). The molecule has 0 N–H and O–H groups in total. The number of carbonyl (C=O) groups is 2. The molecule has 0 bridgehead atoms. The van der Waals surface area contributed by atoms with Crippen LogP contribution in [-0.4, -0.2) is 72.1 Å². The summed E-state index contributed by atoms with van der Waals surface area (Å²) in [6, 6.07) is 3.99. The van der Waals surface area contributed by atoms with Gasteiger partial charge in [-0.3, -0.25) is 14.5 Å². The molecule has 2 fully saturated rings.